The van der Waals surface area contributed by atoms with Crippen LogP contribution < -0.4 is 4.74 Å². The summed E-state index contributed by atoms with van der Waals surface area (Å²) in [5.74, 6) is 1.27. The van der Waals surface area contributed by atoms with Gasteiger partial charge >= 0.3 is 0 Å². The molecule has 1 aromatic carbocycles. The maximum atomic E-state index is 10.4. The highest BCUT2D eigenvalue weighted by atomic mass is 16.5. The summed E-state index contributed by atoms with van der Waals surface area (Å²) in [7, 11) is 0. The van der Waals surface area contributed by atoms with Crippen molar-refractivity contribution in [3.8, 4) is 5.75 Å². The fourth-order valence-corrected chi connectivity index (χ4v) is 1.95. The first kappa shape index (κ1) is 14.0. The zero-order valence-electron chi connectivity index (χ0n) is 11.4. The number of hydrogen-bond acceptors (Lipinski definition) is 2. The topological polar surface area (TPSA) is 29.5 Å². The van der Waals surface area contributed by atoms with Gasteiger partial charge in [0, 0.05) is 0 Å². The van der Waals surface area contributed by atoms with Crippen molar-refractivity contribution in [1.29, 1.82) is 0 Å². The van der Waals surface area contributed by atoms with Crippen LogP contribution in [-0.2, 0) is 5.60 Å². The van der Waals surface area contributed by atoms with Crippen molar-refractivity contribution in [1.82, 2.24) is 0 Å². The summed E-state index contributed by atoms with van der Waals surface area (Å²) in [6.07, 6.45) is 2.26. The van der Waals surface area contributed by atoms with Crippen LogP contribution in [0.4, 0.5) is 0 Å². The summed E-state index contributed by atoms with van der Waals surface area (Å²) in [4.78, 5) is 0. The molecule has 1 unspecified atom stereocenters. The first-order chi connectivity index (χ1) is 8.14. The number of ether oxygens (including phenoxy) is 1. The Bertz CT molecular complexity index is 341. The van der Waals surface area contributed by atoms with E-state index in [1.165, 1.54) is 0 Å². The van der Waals surface area contributed by atoms with Crippen molar-refractivity contribution >= 4 is 0 Å². The standard InChI is InChI=1S/C13H18O2.C2H6/c1-3-15-12-6-4-5-11(9-12)13(2,14)10-7-8-10;1-2/h4-6,9-10,14H,3,7-8H2,1-2H3;1-2H3. The molecule has 96 valence electrons. The molecule has 2 nitrogen and oxygen atoms in total. The molecule has 0 saturated heterocycles. The minimum absolute atomic E-state index is 0.425. The Kier molecular flexibility index (Phi) is 5.01. The van der Waals surface area contributed by atoms with Crippen molar-refractivity contribution in [2.75, 3.05) is 6.61 Å². The maximum Gasteiger partial charge on any atom is 0.119 e. The Morgan fingerprint density at radius 3 is 2.53 bits per heavy atom. The molecule has 1 aliphatic rings. The van der Waals surface area contributed by atoms with Crippen molar-refractivity contribution < 1.29 is 9.84 Å². The van der Waals surface area contributed by atoms with Gasteiger partial charge in [-0.2, -0.15) is 0 Å². The van der Waals surface area contributed by atoms with E-state index in [0.717, 1.165) is 24.2 Å². The first-order valence-electron chi connectivity index (χ1n) is 6.60. The van der Waals surface area contributed by atoms with Gasteiger partial charge in [0.15, 0.2) is 0 Å². The van der Waals surface area contributed by atoms with Gasteiger partial charge < -0.3 is 9.84 Å². The van der Waals surface area contributed by atoms with E-state index >= 15 is 0 Å². The molecule has 1 fully saturated rings. The number of rotatable bonds is 4. The van der Waals surface area contributed by atoms with Crippen molar-refractivity contribution in [3.05, 3.63) is 29.8 Å². The summed E-state index contributed by atoms with van der Waals surface area (Å²) in [5, 5.41) is 10.4. The van der Waals surface area contributed by atoms with Crippen LogP contribution in [0, 0.1) is 5.92 Å². The largest absolute Gasteiger partial charge is 0.494 e. The molecule has 0 aromatic heterocycles. The second-order valence-electron chi connectivity index (χ2n) is 4.38. The molecule has 0 spiro atoms. The third kappa shape index (κ3) is 3.47. The molecule has 1 saturated carbocycles. The van der Waals surface area contributed by atoms with E-state index in [1.54, 1.807) is 0 Å². The lowest BCUT2D eigenvalue weighted by molar-refractivity contribution is 0.0328. The fourth-order valence-electron chi connectivity index (χ4n) is 1.95. The van der Waals surface area contributed by atoms with Crippen LogP contribution in [0.3, 0.4) is 0 Å². The Hall–Kier alpha value is -1.02. The van der Waals surface area contributed by atoms with Gasteiger partial charge in [-0.3, -0.25) is 0 Å². The third-order valence-electron chi connectivity index (χ3n) is 3.10. The fraction of sp³-hybridized carbons (Fsp3) is 0.600. The molecule has 1 aliphatic carbocycles. The van der Waals surface area contributed by atoms with Gasteiger partial charge in [0.1, 0.15) is 5.75 Å². The molecule has 1 N–H and O–H groups in total. The Morgan fingerprint density at radius 1 is 1.35 bits per heavy atom. The zero-order valence-corrected chi connectivity index (χ0v) is 11.4. The summed E-state index contributed by atoms with van der Waals surface area (Å²) in [6, 6.07) is 7.79. The molecule has 0 aliphatic heterocycles. The van der Waals surface area contributed by atoms with Crippen molar-refractivity contribution in [2.45, 2.75) is 46.1 Å². The molecular weight excluding hydrogens is 212 g/mol. The molecular formula is C15H24O2. The van der Waals surface area contributed by atoms with E-state index in [-0.39, 0.29) is 0 Å². The van der Waals surface area contributed by atoms with E-state index in [1.807, 2.05) is 52.0 Å². The SMILES string of the molecule is CC.CCOc1cccc(C(C)(O)C2CC2)c1. The van der Waals surface area contributed by atoms with E-state index in [0.29, 0.717) is 12.5 Å². The zero-order chi connectivity index (χ0) is 12.9. The number of benzene rings is 1. The molecule has 0 heterocycles. The van der Waals surface area contributed by atoms with E-state index < -0.39 is 5.60 Å². The Labute approximate surface area is 105 Å². The predicted molar refractivity (Wildman–Crippen MR) is 71.3 cm³/mol. The van der Waals surface area contributed by atoms with Crippen LogP contribution in [0.1, 0.15) is 46.1 Å². The minimum Gasteiger partial charge on any atom is -0.494 e. The first-order valence-corrected chi connectivity index (χ1v) is 6.60. The summed E-state index contributed by atoms with van der Waals surface area (Å²) in [6.45, 7) is 8.52. The summed E-state index contributed by atoms with van der Waals surface area (Å²) in [5.41, 5.74) is 0.281. The molecule has 2 heteroatoms. The monoisotopic (exact) mass is 236 g/mol. The van der Waals surface area contributed by atoms with Crippen molar-refractivity contribution in [3.63, 3.8) is 0 Å². The average Bonchev–Trinajstić information content (AvgIpc) is 3.17. The van der Waals surface area contributed by atoms with Crippen LogP contribution in [0.5, 0.6) is 5.75 Å². The summed E-state index contributed by atoms with van der Waals surface area (Å²) >= 11 is 0. The molecule has 2 rings (SSSR count). The van der Waals surface area contributed by atoms with Gasteiger partial charge in [-0.25, -0.2) is 0 Å². The van der Waals surface area contributed by atoms with Gasteiger partial charge in [0.05, 0.1) is 12.2 Å². The second-order valence-corrected chi connectivity index (χ2v) is 4.38. The van der Waals surface area contributed by atoms with Gasteiger partial charge in [0.25, 0.3) is 0 Å². The van der Waals surface area contributed by atoms with Gasteiger partial charge in [0.2, 0.25) is 0 Å². The van der Waals surface area contributed by atoms with E-state index in [2.05, 4.69) is 0 Å². The van der Waals surface area contributed by atoms with Crippen LogP contribution >= 0.6 is 0 Å². The summed E-state index contributed by atoms with van der Waals surface area (Å²) < 4.78 is 5.43. The smallest absolute Gasteiger partial charge is 0.119 e. The molecule has 17 heavy (non-hydrogen) atoms. The van der Waals surface area contributed by atoms with E-state index in [9.17, 15) is 5.11 Å². The second kappa shape index (κ2) is 6.06. The lowest BCUT2D eigenvalue weighted by Gasteiger charge is -2.24. The van der Waals surface area contributed by atoms with Crippen LogP contribution in [0.25, 0.3) is 0 Å². The Balaban J connectivity index is 0.000000686. The highest BCUT2D eigenvalue weighted by Crippen LogP contribution is 2.45. The molecule has 0 amide bonds. The highest BCUT2D eigenvalue weighted by molar-refractivity contribution is 5.33. The maximum absolute atomic E-state index is 10.4. The Morgan fingerprint density at radius 2 is 2.00 bits per heavy atom. The van der Waals surface area contributed by atoms with Gasteiger partial charge in [-0.05, 0) is 50.3 Å². The van der Waals surface area contributed by atoms with Gasteiger partial charge in [-0.15, -0.1) is 0 Å². The number of hydrogen-bond donors (Lipinski definition) is 1. The molecule has 0 bridgehead atoms. The number of aliphatic hydroxyl groups is 1. The lowest BCUT2D eigenvalue weighted by Crippen LogP contribution is -2.23. The van der Waals surface area contributed by atoms with Gasteiger partial charge in [-0.1, -0.05) is 26.0 Å². The van der Waals surface area contributed by atoms with Crippen molar-refractivity contribution in [2.24, 2.45) is 5.92 Å². The van der Waals surface area contributed by atoms with Crippen LogP contribution in [-0.4, -0.2) is 11.7 Å². The van der Waals surface area contributed by atoms with Crippen LogP contribution in [0.15, 0.2) is 24.3 Å². The highest BCUT2D eigenvalue weighted by Gasteiger charge is 2.41. The predicted octanol–water partition coefficient (Wildman–Crippen LogP) is 3.73. The quantitative estimate of drug-likeness (QED) is 0.863. The van der Waals surface area contributed by atoms with Crippen LogP contribution in [0.2, 0.25) is 0 Å². The normalized spacial score (nSPS) is 17.7. The molecule has 1 aromatic rings. The average molecular weight is 236 g/mol. The minimum atomic E-state index is -0.687. The van der Waals surface area contributed by atoms with E-state index in [4.69, 9.17) is 4.74 Å². The lowest BCUT2D eigenvalue weighted by atomic mass is 9.91. The third-order valence-corrected chi connectivity index (χ3v) is 3.10. The molecule has 1 atom stereocenters. The molecule has 0 radical (unpaired) electrons.